The molecule has 108 valence electrons. The highest BCUT2D eigenvalue weighted by atomic mass is 32.1. The molecule has 21 heavy (non-hydrogen) atoms. The molecule has 1 atom stereocenters. The number of rotatable bonds is 4. The van der Waals surface area contributed by atoms with E-state index in [-0.39, 0.29) is 0 Å². The maximum atomic E-state index is 10.5. The minimum Gasteiger partial charge on any atom is -0.388 e. The summed E-state index contributed by atoms with van der Waals surface area (Å²) in [4.78, 5) is 0. The van der Waals surface area contributed by atoms with Crippen LogP contribution >= 0.6 is 11.3 Å². The Kier molecular flexibility index (Phi) is 4.09. The normalized spacial score (nSPS) is 13.0. The average Bonchev–Trinajstić information content (AvgIpc) is 2.91. The topological polar surface area (TPSA) is 20.2 Å². The summed E-state index contributed by atoms with van der Waals surface area (Å²) in [5.41, 5.74) is 3.54. The molecule has 1 nitrogen and oxygen atoms in total. The van der Waals surface area contributed by atoms with Gasteiger partial charge in [-0.15, -0.1) is 11.3 Å². The number of thiophene rings is 1. The lowest BCUT2D eigenvalue weighted by molar-refractivity contribution is 0.179. The van der Waals surface area contributed by atoms with Crippen LogP contribution in [0.5, 0.6) is 0 Å². The Morgan fingerprint density at radius 2 is 1.62 bits per heavy atom. The fraction of sp³-hybridized carbons (Fsp3) is 0.263. The van der Waals surface area contributed by atoms with Crippen molar-refractivity contribution in [3.05, 3.63) is 70.6 Å². The lowest BCUT2D eigenvalue weighted by Crippen LogP contribution is -2.01. The van der Waals surface area contributed by atoms with E-state index in [2.05, 4.69) is 67.8 Å². The third kappa shape index (κ3) is 3.02. The zero-order valence-electron chi connectivity index (χ0n) is 12.4. The maximum absolute atomic E-state index is 10.5. The van der Waals surface area contributed by atoms with Crippen molar-refractivity contribution in [1.29, 1.82) is 0 Å². The lowest BCUT2D eigenvalue weighted by Gasteiger charge is -2.12. The molecule has 0 amide bonds. The first-order valence-electron chi connectivity index (χ1n) is 7.38. The van der Waals surface area contributed by atoms with Gasteiger partial charge in [0.2, 0.25) is 0 Å². The van der Waals surface area contributed by atoms with Gasteiger partial charge < -0.3 is 5.11 Å². The van der Waals surface area contributed by atoms with E-state index in [9.17, 15) is 5.11 Å². The second-order valence-corrected chi connectivity index (χ2v) is 6.71. The van der Waals surface area contributed by atoms with E-state index in [4.69, 9.17) is 0 Å². The SMILES string of the molecule is CC(C)c1ccc(C(O)Cc2csc3ccccc23)cc1. The van der Waals surface area contributed by atoms with Crippen molar-refractivity contribution in [2.75, 3.05) is 0 Å². The summed E-state index contributed by atoms with van der Waals surface area (Å²) < 4.78 is 1.29. The van der Waals surface area contributed by atoms with Crippen molar-refractivity contribution in [3.8, 4) is 0 Å². The quantitative estimate of drug-likeness (QED) is 0.692. The van der Waals surface area contributed by atoms with Crippen LogP contribution in [0.15, 0.2) is 53.9 Å². The van der Waals surface area contributed by atoms with Gasteiger partial charge in [0, 0.05) is 11.1 Å². The zero-order valence-corrected chi connectivity index (χ0v) is 13.2. The zero-order chi connectivity index (χ0) is 14.8. The van der Waals surface area contributed by atoms with Crippen LogP contribution in [0, 0.1) is 0 Å². The molecule has 1 aromatic heterocycles. The highest BCUT2D eigenvalue weighted by Crippen LogP contribution is 2.29. The summed E-state index contributed by atoms with van der Waals surface area (Å²) in [6, 6.07) is 16.7. The molecule has 1 N–H and O–H groups in total. The van der Waals surface area contributed by atoms with E-state index in [1.165, 1.54) is 21.2 Å². The third-order valence-electron chi connectivity index (χ3n) is 3.96. The highest BCUT2D eigenvalue weighted by Gasteiger charge is 2.12. The van der Waals surface area contributed by atoms with Gasteiger partial charge in [0.25, 0.3) is 0 Å². The largest absolute Gasteiger partial charge is 0.388 e. The summed E-state index contributed by atoms with van der Waals surface area (Å²) in [7, 11) is 0. The second kappa shape index (κ2) is 6.00. The summed E-state index contributed by atoms with van der Waals surface area (Å²) in [6.07, 6.45) is 0.231. The Morgan fingerprint density at radius 3 is 2.33 bits per heavy atom. The predicted octanol–water partition coefficient (Wildman–Crippen LogP) is 5.30. The molecular formula is C19H20OS. The Bertz CT molecular complexity index is 725. The Morgan fingerprint density at radius 1 is 0.952 bits per heavy atom. The molecule has 3 rings (SSSR count). The molecule has 2 aromatic carbocycles. The predicted molar refractivity (Wildman–Crippen MR) is 91.0 cm³/mol. The number of hydrogen-bond donors (Lipinski definition) is 1. The first kappa shape index (κ1) is 14.3. The van der Waals surface area contributed by atoms with Crippen molar-refractivity contribution in [2.45, 2.75) is 32.3 Å². The highest BCUT2D eigenvalue weighted by molar-refractivity contribution is 7.17. The summed E-state index contributed by atoms with van der Waals surface area (Å²) in [5.74, 6) is 0.525. The first-order valence-corrected chi connectivity index (χ1v) is 8.26. The minimum absolute atomic E-state index is 0.441. The van der Waals surface area contributed by atoms with Crippen LogP contribution in [0.25, 0.3) is 10.1 Å². The van der Waals surface area contributed by atoms with E-state index in [0.717, 1.165) is 5.56 Å². The standard InChI is InChI=1S/C19H20OS/c1-13(2)14-7-9-15(10-8-14)18(20)11-16-12-21-19-6-4-3-5-17(16)19/h3-10,12-13,18,20H,11H2,1-2H3. The van der Waals surface area contributed by atoms with Crippen LogP contribution in [0.1, 0.15) is 42.6 Å². The van der Waals surface area contributed by atoms with E-state index in [0.29, 0.717) is 12.3 Å². The van der Waals surface area contributed by atoms with Gasteiger partial charge in [-0.05, 0) is 39.4 Å². The van der Waals surface area contributed by atoms with E-state index in [1.54, 1.807) is 11.3 Å². The molecule has 0 spiro atoms. The van der Waals surface area contributed by atoms with Crippen LogP contribution in [0.4, 0.5) is 0 Å². The molecule has 0 radical (unpaired) electrons. The van der Waals surface area contributed by atoms with Gasteiger partial charge in [-0.25, -0.2) is 0 Å². The van der Waals surface area contributed by atoms with Crippen LogP contribution in [0.3, 0.4) is 0 Å². The molecule has 0 aliphatic rings. The molecule has 0 aliphatic heterocycles. The van der Waals surface area contributed by atoms with Crippen LogP contribution in [-0.4, -0.2) is 5.11 Å². The van der Waals surface area contributed by atoms with Gasteiger partial charge in [0.05, 0.1) is 6.10 Å². The van der Waals surface area contributed by atoms with Gasteiger partial charge >= 0.3 is 0 Å². The number of aliphatic hydroxyl groups excluding tert-OH is 1. The van der Waals surface area contributed by atoms with Crippen molar-refractivity contribution in [3.63, 3.8) is 0 Å². The first-order chi connectivity index (χ1) is 10.1. The Balaban J connectivity index is 1.81. The van der Waals surface area contributed by atoms with Gasteiger partial charge in [-0.3, -0.25) is 0 Å². The number of fused-ring (bicyclic) bond motifs is 1. The summed E-state index contributed by atoms with van der Waals surface area (Å²) >= 11 is 1.75. The molecular weight excluding hydrogens is 276 g/mol. The van der Waals surface area contributed by atoms with Crippen molar-refractivity contribution in [2.24, 2.45) is 0 Å². The lowest BCUT2D eigenvalue weighted by atomic mass is 9.97. The van der Waals surface area contributed by atoms with E-state index >= 15 is 0 Å². The molecule has 2 heteroatoms. The van der Waals surface area contributed by atoms with Gasteiger partial charge in [-0.1, -0.05) is 56.3 Å². The molecule has 0 bridgehead atoms. The molecule has 0 saturated carbocycles. The smallest absolute Gasteiger partial charge is 0.0830 e. The van der Waals surface area contributed by atoms with Crippen molar-refractivity contribution < 1.29 is 5.11 Å². The summed E-state index contributed by atoms with van der Waals surface area (Å²) in [5, 5.41) is 13.9. The summed E-state index contributed by atoms with van der Waals surface area (Å²) in [6.45, 7) is 4.37. The molecule has 0 saturated heterocycles. The molecule has 0 aliphatic carbocycles. The molecule has 1 heterocycles. The van der Waals surface area contributed by atoms with Gasteiger partial charge in [0.15, 0.2) is 0 Å². The Labute approximate surface area is 129 Å². The van der Waals surface area contributed by atoms with E-state index in [1.807, 2.05) is 0 Å². The molecule has 3 aromatic rings. The number of hydrogen-bond acceptors (Lipinski definition) is 2. The molecule has 1 unspecified atom stereocenters. The number of benzene rings is 2. The fourth-order valence-electron chi connectivity index (χ4n) is 2.62. The van der Waals surface area contributed by atoms with Crippen LogP contribution < -0.4 is 0 Å². The van der Waals surface area contributed by atoms with E-state index < -0.39 is 6.10 Å². The van der Waals surface area contributed by atoms with Crippen LogP contribution in [0.2, 0.25) is 0 Å². The average molecular weight is 296 g/mol. The van der Waals surface area contributed by atoms with Crippen molar-refractivity contribution >= 4 is 21.4 Å². The van der Waals surface area contributed by atoms with Gasteiger partial charge in [0.1, 0.15) is 0 Å². The number of aliphatic hydroxyl groups is 1. The second-order valence-electron chi connectivity index (χ2n) is 5.80. The monoisotopic (exact) mass is 296 g/mol. The minimum atomic E-state index is -0.441. The van der Waals surface area contributed by atoms with Crippen molar-refractivity contribution in [1.82, 2.24) is 0 Å². The van der Waals surface area contributed by atoms with Gasteiger partial charge in [-0.2, -0.15) is 0 Å². The maximum Gasteiger partial charge on any atom is 0.0830 e. The third-order valence-corrected chi connectivity index (χ3v) is 4.97. The fourth-order valence-corrected chi connectivity index (χ4v) is 3.60. The molecule has 0 fully saturated rings. The van der Waals surface area contributed by atoms with Crippen LogP contribution in [-0.2, 0) is 6.42 Å². The Hall–Kier alpha value is -1.64.